The first-order valence-electron chi connectivity index (χ1n) is 7.58. The Kier molecular flexibility index (Phi) is 4.70. The van der Waals surface area contributed by atoms with Crippen molar-refractivity contribution >= 4 is 28.9 Å². The monoisotopic (exact) mass is 341 g/mol. The molecule has 2 aromatic rings. The molecule has 0 radical (unpaired) electrons. The van der Waals surface area contributed by atoms with Gasteiger partial charge < -0.3 is 15.3 Å². The number of hydrogen-bond acceptors (Lipinski definition) is 4. The van der Waals surface area contributed by atoms with Gasteiger partial charge in [0.1, 0.15) is 6.07 Å². The number of hydrogen-bond donors (Lipinski definition) is 2. The minimum Gasteiger partial charge on any atom is -0.392 e. The van der Waals surface area contributed by atoms with Crippen LogP contribution in [0.3, 0.4) is 0 Å². The van der Waals surface area contributed by atoms with Crippen molar-refractivity contribution in [2.24, 2.45) is 0 Å². The molecule has 0 saturated heterocycles. The first-order chi connectivity index (χ1) is 11.6. The molecule has 6 heteroatoms. The number of nitriles is 1. The molecule has 1 aliphatic heterocycles. The van der Waals surface area contributed by atoms with E-state index in [2.05, 4.69) is 5.32 Å². The lowest BCUT2D eigenvalue weighted by atomic mass is 10.1. The van der Waals surface area contributed by atoms with Gasteiger partial charge in [0.05, 0.1) is 23.7 Å². The fraction of sp³-hybridized carbons (Fsp3) is 0.222. The van der Waals surface area contributed by atoms with Crippen LogP contribution in [0.1, 0.15) is 16.7 Å². The Balaban J connectivity index is 1.69. The summed E-state index contributed by atoms with van der Waals surface area (Å²) < 4.78 is 0. The maximum absolute atomic E-state index is 12.3. The number of carbonyl (C=O) groups excluding carboxylic acids is 1. The van der Waals surface area contributed by atoms with Crippen molar-refractivity contribution in [2.45, 2.75) is 13.0 Å². The Bertz CT molecular complexity index is 829. The van der Waals surface area contributed by atoms with Gasteiger partial charge in [-0.25, -0.2) is 0 Å². The largest absolute Gasteiger partial charge is 0.392 e. The van der Waals surface area contributed by atoms with Gasteiger partial charge >= 0.3 is 0 Å². The highest BCUT2D eigenvalue weighted by molar-refractivity contribution is 6.32. The zero-order valence-corrected chi connectivity index (χ0v) is 13.7. The van der Waals surface area contributed by atoms with E-state index in [1.165, 1.54) is 5.56 Å². The topological polar surface area (TPSA) is 76.4 Å². The molecule has 0 aromatic heterocycles. The maximum Gasteiger partial charge on any atom is 0.243 e. The molecule has 2 aromatic carbocycles. The molecular formula is C18H16ClN3O2. The standard InChI is InChI=1S/C18H16ClN3O2/c19-16-8-15(4-3-14(16)9-20)21-18(24)10-22-6-5-13-2-1-12(11-23)7-17(13)22/h1-4,7-8,23H,5-6,10-11H2,(H,21,24). The highest BCUT2D eigenvalue weighted by atomic mass is 35.5. The second kappa shape index (κ2) is 6.91. The number of amides is 1. The lowest BCUT2D eigenvalue weighted by Gasteiger charge is -2.19. The Labute approximate surface area is 145 Å². The van der Waals surface area contributed by atoms with Crippen molar-refractivity contribution in [3.63, 3.8) is 0 Å². The minimum absolute atomic E-state index is 0.0168. The highest BCUT2D eigenvalue weighted by Crippen LogP contribution is 2.29. The number of nitrogens with one attached hydrogen (secondary N) is 1. The average molecular weight is 342 g/mol. The van der Waals surface area contributed by atoms with Crippen molar-refractivity contribution in [3.8, 4) is 6.07 Å². The molecule has 0 atom stereocenters. The molecule has 0 spiro atoms. The molecule has 5 nitrogen and oxygen atoms in total. The van der Waals surface area contributed by atoms with E-state index >= 15 is 0 Å². The second-order valence-corrected chi connectivity index (χ2v) is 6.05. The SMILES string of the molecule is N#Cc1ccc(NC(=O)CN2CCc3ccc(CO)cc32)cc1Cl. The van der Waals surface area contributed by atoms with E-state index in [4.69, 9.17) is 16.9 Å². The normalized spacial score (nSPS) is 12.6. The Morgan fingerprint density at radius 2 is 2.17 bits per heavy atom. The third kappa shape index (κ3) is 3.35. The zero-order valence-electron chi connectivity index (χ0n) is 12.9. The van der Waals surface area contributed by atoms with Crippen molar-refractivity contribution in [3.05, 3.63) is 58.1 Å². The van der Waals surface area contributed by atoms with E-state index in [-0.39, 0.29) is 19.1 Å². The molecule has 1 heterocycles. The number of anilines is 2. The van der Waals surface area contributed by atoms with E-state index in [0.717, 1.165) is 24.2 Å². The van der Waals surface area contributed by atoms with Crippen LogP contribution < -0.4 is 10.2 Å². The summed E-state index contributed by atoms with van der Waals surface area (Å²) in [7, 11) is 0. The molecule has 122 valence electrons. The van der Waals surface area contributed by atoms with Gasteiger partial charge in [0.2, 0.25) is 5.91 Å². The van der Waals surface area contributed by atoms with E-state index in [0.29, 0.717) is 16.3 Å². The predicted molar refractivity (Wildman–Crippen MR) is 93.1 cm³/mol. The van der Waals surface area contributed by atoms with Crippen molar-refractivity contribution in [2.75, 3.05) is 23.3 Å². The van der Waals surface area contributed by atoms with Crippen LogP contribution in [0.15, 0.2) is 36.4 Å². The molecule has 0 saturated carbocycles. The van der Waals surface area contributed by atoms with E-state index in [1.54, 1.807) is 18.2 Å². The zero-order chi connectivity index (χ0) is 17.1. The third-order valence-electron chi connectivity index (χ3n) is 4.03. The molecule has 1 amide bonds. The molecule has 24 heavy (non-hydrogen) atoms. The molecular weight excluding hydrogens is 326 g/mol. The van der Waals surface area contributed by atoms with Crippen molar-refractivity contribution in [1.82, 2.24) is 0 Å². The summed E-state index contributed by atoms with van der Waals surface area (Å²) in [5.74, 6) is -0.155. The van der Waals surface area contributed by atoms with Gasteiger partial charge in [-0.3, -0.25) is 4.79 Å². The molecule has 0 unspecified atom stereocenters. The van der Waals surface area contributed by atoms with Crippen molar-refractivity contribution in [1.29, 1.82) is 5.26 Å². The van der Waals surface area contributed by atoms with E-state index < -0.39 is 0 Å². The highest BCUT2D eigenvalue weighted by Gasteiger charge is 2.21. The van der Waals surface area contributed by atoms with Crippen LogP contribution in [0.25, 0.3) is 0 Å². The van der Waals surface area contributed by atoms with E-state index in [1.807, 2.05) is 29.2 Å². The van der Waals surface area contributed by atoms with Gasteiger partial charge in [0.15, 0.2) is 0 Å². The molecule has 0 fully saturated rings. The van der Waals surface area contributed by atoms with Crippen LogP contribution in [-0.2, 0) is 17.8 Å². The second-order valence-electron chi connectivity index (χ2n) is 5.65. The number of aliphatic hydroxyl groups is 1. The lowest BCUT2D eigenvalue weighted by Crippen LogP contribution is -2.31. The van der Waals surface area contributed by atoms with Crippen LogP contribution in [0.4, 0.5) is 11.4 Å². The Morgan fingerprint density at radius 3 is 2.88 bits per heavy atom. The fourth-order valence-electron chi connectivity index (χ4n) is 2.81. The van der Waals surface area contributed by atoms with Crippen LogP contribution in [0, 0.1) is 11.3 Å². The lowest BCUT2D eigenvalue weighted by molar-refractivity contribution is -0.115. The number of benzene rings is 2. The van der Waals surface area contributed by atoms with E-state index in [9.17, 15) is 9.90 Å². The summed E-state index contributed by atoms with van der Waals surface area (Å²) in [6.45, 7) is 0.975. The number of halogens is 1. The van der Waals surface area contributed by atoms with Gasteiger partial charge in [0.25, 0.3) is 0 Å². The van der Waals surface area contributed by atoms with Crippen LogP contribution >= 0.6 is 11.6 Å². The fourth-order valence-corrected chi connectivity index (χ4v) is 3.03. The molecule has 0 bridgehead atoms. The number of aliphatic hydroxyl groups excluding tert-OH is 1. The Morgan fingerprint density at radius 1 is 1.33 bits per heavy atom. The summed E-state index contributed by atoms with van der Waals surface area (Å²) in [6, 6.07) is 12.6. The van der Waals surface area contributed by atoms with Gasteiger partial charge in [-0.15, -0.1) is 0 Å². The molecule has 3 rings (SSSR count). The third-order valence-corrected chi connectivity index (χ3v) is 4.34. The molecule has 0 aliphatic carbocycles. The van der Waals surface area contributed by atoms with Crippen molar-refractivity contribution < 1.29 is 9.90 Å². The quantitative estimate of drug-likeness (QED) is 0.896. The maximum atomic E-state index is 12.3. The van der Waals surface area contributed by atoms with Gasteiger partial charge in [0, 0.05) is 17.9 Å². The van der Waals surface area contributed by atoms with Gasteiger partial charge in [-0.2, -0.15) is 5.26 Å². The summed E-state index contributed by atoms with van der Waals surface area (Å²) in [6.07, 6.45) is 0.886. The summed E-state index contributed by atoms with van der Waals surface area (Å²) in [5, 5.41) is 21.2. The number of rotatable bonds is 4. The smallest absolute Gasteiger partial charge is 0.243 e. The number of carbonyl (C=O) groups is 1. The van der Waals surface area contributed by atoms with Gasteiger partial charge in [-0.05, 0) is 41.8 Å². The Hall–Kier alpha value is -2.55. The summed E-state index contributed by atoms with van der Waals surface area (Å²) in [4.78, 5) is 14.3. The number of fused-ring (bicyclic) bond motifs is 1. The summed E-state index contributed by atoms with van der Waals surface area (Å²) in [5.41, 5.74) is 3.95. The predicted octanol–water partition coefficient (Wildman–Crippen LogP) is 2.71. The molecule has 2 N–H and O–H groups in total. The first-order valence-corrected chi connectivity index (χ1v) is 7.95. The summed E-state index contributed by atoms with van der Waals surface area (Å²) >= 11 is 5.98. The van der Waals surface area contributed by atoms with Crippen LogP contribution in [0.5, 0.6) is 0 Å². The molecule has 1 aliphatic rings. The van der Waals surface area contributed by atoms with Crippen LogP contribution in [0.2, 0.25) is 5.02 Å². The average Bonchev–Trinajstić information content (AvgIpc) is 2.97. The van der Waals surface area contributed by atoms with Crippen LogP contribution in [-0.4, -0.2) is 24.1 Å². The minimum atomic E-state index is -0.155. The first kappa shape index (κ1) is 16.3. The van der Waals surface area contributed by atoms with Gasteiger partial charge in [-0.1, -0.05) is 23.7 Å². The number of nitrogens with zero attached hydrogens (tertiary/aromatic N) is 2.